The van der Waals surface area contributed by atoms with Crippen LogP contribution in [0.5, 0.6) is 0 Å². The summed E-state index contributed by atoms with van der Waals surface area (Å²) < 4.78 is 17.3. The van der Waals surface area contributed by atoms with Gasteiger partial charge < -0.3 is 23.8 Å². The van der Waals surface area contributed by atoms with E-state index in [2.05, 4.69) is 86.8 Å². The Balaban J connectivity index is 4.28. The summed E-state index contributed by atoms with van der Waals surface area (Å²) in [6, 6.07) is -0.628. The van der Waals surface area contributed by atoms with E-state index in [-0.39, 0.29) is 42.7 Å². The van der Waals surface area contributed by atoms with Crippen LogP contribution in [-0.2, 0) is 28.6 Å². The molecule has 0 aromatic rings. The van der Waals surface area contributed by atoms with Crippen molar-refractivity contribution in [1.29, 1.82) is 0 Å². The van der Waals surface area contributed by atoms with Gasteiger partial charge in [0.25, 0.3) is 0 Å². The number of nitrogens with zero attached hydrogens (tertiary/aromatic N) is 1. The van der Waals surface area contributed by atoms with Crippen LogP contribution < -0.4 is 0 Å². The Labute approximate surface area is 406 Å². The number of carboxylic acid groups (broad SMARTS) is 1. The highest BCUT2D eigenvalue weighted by atomic mass is 16.6. The van der Waals surface area contributed by atoms with E-state index >= 15 is 0 Å². The summed E-state index contributed by atoms with van der Waals surface area (Å²) in [5.41, 5.74) is 0. The number of unbranched alkanes of at least 4 members (excludes halogenated alkanes) is 22. The normalized spacial score (nSPS) is 13.4. The highest BCUT2D eigenvalue weighted by Crippen LogP contribution is 2.16. The van der Waals surface area contributed by atoms with Crippen molar-refractivity contribution in [2.45, 2.75) is 238 Å². The molecule has 0 bridgehead atoms. The van der Waals surface area contributed by atoms with Crippen molar-refractivity contribution in [3.05, 3.63) is 72.9 Å². The first-order chi connectivity index (χ1) is 32.1. The number of hydrogen-bond acceptors (Lipinski definition) is 6. The van der Waals surface area contributed by atoms with Gasteiger partial charge in [-0.1, -0.05) is 222 Å². The zero-order valence-corrected chi connectivity index (χ0v) is 43.4. The first kappa shape index (κ1) is 62.8. The van der Waals surface area contributed by atoms with Crippen molar-refractivity contribution >= 4 is 17.9 Å². The smallest absolute Gasteiger partial charge is 0.362 e. The van der Waals surface area contributed by atoms with E-state index in [9.17, 15) is 19.5 Å². The Morgan fingerprint density at radius 1 is 0.470 bits per heavy atom. The molecule has 0 fully saturated rings. The lowest BCUT2D eigenvalue weighted by Gasteiger charge is -2.31. The number of ether oxygens (including phenoxy) is 3. The molecule has 380 valence electrons. The van der Waals surface area contributed by atoms with Gasteiger partial charge in [0.15, 0.2) is 12.1 Å². The standard InChI is InChI=1S/C58H101NO7/c1-6-8-10-12-14-16-18-20-22-24-26-28-29-31-32-34-36-38-40-42-44-46-48-56(60)65-53-54(52-64-51-50-55(58(62)63)59(3,4)5)66-57(61)49-47-45-43-41-39-37-35-33-30-27-25-23-21-19-17-15-13-11-9-7-2/h9,11,15,17,21,23,27,30,35,37,41,43,54-55H,6-8,10,12-14,16,18-20,22,24-26,28-29,31-34,36,38-40,42,44-53H2,1-5H3/p+1/b11-9+,17-15+,23-21+,30-27+,37-35+,43-41+. The maximum absolute atomic E-state index is 12.8. The molecule has 0 radical (unpaired) electrons. The number of carboxylic acids is 1. The van der Waals surface area contributed by atoms with Crippen molar-refractivity contribution in [2.75, 3.05) is 41.0 Å². The van der Waals surface area contributed by atoms with Crippen LogP contribution in [-0.4, -0.2) is 80.6 Å². The summed E-state index contributed by atoms with van der Waals surface area (Å²) in [6.45, 7) is 4.59. The summed E-state index contributed by atoms with van der Waals surface area (Å²) >= 11 is 0. The van der Waals surface area contributed by atoms with E-state index in [0.717, 1.165) is 64.2 Å². The second-order valence-corrected chi connectivity index (χ2v) is 19.1. The Morgan fingerprint density at radius 3 is 1.24 bits per heavy atom. The maximum Gasteiger partial charge on any atom is 0.362 e. The van der Waals surface area contributed by atoms with E-state index in [4.69, 9.17) is 14.2 Å². The largest absolute Gasteiger partial charge is 0.477 e. The van der Waals surface area contributed by atoms with Gasteiger partial charge in [0, 0.05) is 19.3 Å². The highest BCUT2D eigenvalue weighted by Gasteiger charge is 2.31. The zero-order chi connectivity index (χ0) is 48.4. The molecule has 2 atom stereocenters. The Bertz CT molecular complexity index is 1310. The second-order valence-electron chi connectivity index (χ2n) is 19.1. The molecule has 2 unspecified atom stereocenters. The minimum absolute atomic E-state index is 0.0368. The molecule has 0 aliphatic heterocycles. The third-order valence-corrected chi connectivity index (χ3v) is 11.9. The van der Waals surface area contributed by atoms with Crippen molar-refractivity contribution in [3.8, 4) is 0 Å². The fourth-order valence-electron chi connectivity index (χ4n) is 7.75. The number of allylic oxidation sites excluding steroid dienone is 12. The fourth-order valence-corrected chi connectivity index (χ4v) is 7.75. The van der Waals surface area contributed by atoms with Gasteiger partial charge in [0.1, 0.15) is 6.61 Å². The van der Waals surface area contributed by atoms with Gasteiger partial charge in [-0.3, -0.25) is 9.59 Å². The van der Waals surface area contributed by atoms with E-state index < -0.39 is 18.1 Å². The number of rotatable bonds is 48. The van der Waals surface area contributed by atoms with Gasteiger partial charge in [-0.25, -0.2) is 4.79 Å². The molecule has 0 aliphatic carbocycles. The van der Waals surface area contributed by atoms with Crippen LogP contribution in [0.2, 0.25) is 0 Å². The maximum atomic E-state index is 12.8. The lowest BCUT2D eigenvalue weighted by molar-refractivity contribution is -0.887. The second kappa shape index (κ2) is 48.2. The van der Waals surface area contributed by atoms with E-state index in [1.54, 1.807) is 0 Å². The highest BCUT2D eigenvalue weighted by molar-refractivity contribution is 5.72. The van der Waals surface area contributed by atoms with Crippen LogP contribution >= 0.6 is 0 Å². The molecule has 0 heterocycles. The molecule has 0 amide bonds. The quantitative estimate of drug-likeness (QED) is 0.0281. The first-order valence-electron chi connectivity index (χ1n) is 27.0. The minimum Gasteiger partial charge on any atom is -0.477 e. The lowest BCUT2D eigenvalue weighted by atomic mass is 10.0. The number of esters is 2. The SMILES string of the molecule is CC/C=C/C/C=C/C/C=C/C/C=C/C/C=C/C/C=C/CCCC(=O)OC(COCCC(C(=O)O)[N+](C)(C)C)COC(=O)CCCCCCCCCCCCCCCCCCCCCCCC. The summed E-state index contributed by atoms with van der Waals surface area (Å²) in [4.78, 5) is 37.2. The molecule has 0 rings (SSSR count). The van der Waals surface area contributed by atoms with Gasteiger partial charge in [-0.2, -0.15) is 0 Å². The molecule has 66 heavy (non-hydrogen) atoms. The average Bonchev–Trinajstić information content (AvgIpc) is 3.28. The van der Waals surface area contributed by atoms with Gasteiger partial charge in [0.05, 0.1) is 34.4 Å². The molecule has 0 aromatic heterocycles. The molecule has 0 aliphatic rings. The number of hydrogen-bond donors (Lipinski definition) is 1. The summed E-state index contributed by atoms with van der Waals surface area (Å²) in [6.07, 6.45) is 62.6. The minimum atomic E-state index is -0.884. The van der Waals surface area contributed by atoms with Crippen molar-refractivity contribution in [3.63, 3.8) is 0 Å². The number of quaternary nitrogens is 1. The van der Waals surface area contributed by atoms with E-state index in [1.807, 2.05) is 21.1 Å². The number of aliphatic carboxylic acids is 1. The molecular weight excluding hydrogens is 823 g/mol. The Hall–Kier alpha value is -3.23. The molecule has 8 nitrogen and oxygen atoms in total. The van der Waals surface area contributed by atoms with Crippen LogP contribution in [0.25, 0.3) is 0 Å². The molecule has 8 heteroatoms. The summed E-state index contributed by atoms with van der Waals surface area (Å²) in [7, 11) is 5.52. The third-order valence-electron chi connectivity index (χ3n) is 11.9. The van der Waals surface area contributed by atoms with Gasteiger partial charge in [0.2, 0.25) is 0 Å². The van der Waals surface area contributed by atoms with Crippen molar-refractivity contribution in [2.24, 2.45) is 0 Å². The third kappa shape index (κ3) is 45.9. The molecule has 0 aromatic carbocycles. The van der Waals surface area contributed by atoms with Gasteiger partial charge in [-0.15, -0.1) is 0 Å². The molecular formula is C58H102NO7+. The van der Waals surface area contributed by atoms with E-state index in [1.165, 1.54) is 122 Å². The molecule has 0 saturated carbocycles. The Kier molecular flexibility index (Phi) is 45.9. The fraction of sp³-hybridized carbons (Fsp3) is 0.741. The lowest BCUT2D eigenvalue weighted by Crippen LogP contribution is -2.50. The molecule has 0 spiro atoms. The first-order valence-corrected chi connectivity index (χ1v) is 27.0. The van der Waals surface area contributed by atoms with Crippen molar-refractivity contribution in [1.82, 2.24) is 0 Å². The monoisotopic (exact) mass is 925 g/mol. The van der Waals surface area contributed by atoms with Crippen LogP contribution in [0.15, 0.2) is 72.9 Å². The number of carbonyl (C=O) groups is 3. The van der Waals surface area contributed by atoms with Crippen LogP contribution in [0.4, 0.5) is 0 Å². The Morgan fingerprint density at radius 2 is 0.848 bits per heavy atom. The topological polar surface area (TPSA) is 99.1 Å². The van der Waals surface area contributed by atoms with Crippen LogP contribution in [0.3, 0.4) is 0 Å². The zero-order valence-electron chi connectivity index (χ0n) is 43.4. The average molecular weight is 925 g/mol. The van der Waals surface area contributed by atoms with E-state index in [0.29, 0.717) is 19.3 Å². The molecule has 0 saturated heterocycles. The number of likely N-dealkylation sites (N-methyl/N-ethyl adjacent to an activating group) is 1. The number of carbonyl (C=O) groups excluding carboxylic acids is 2. The summed E-state index contributed by atoms with van der Waals surface area (Å²) in [5, 5.41) is 9.66. The predicted octanol–water partition coefficient (Wildman–Crippen LogP) is 15.9. The van der Waals surface area contributed by atoms with Crippen LogP contribution in [0, 0.1) is 0 Å². The van der Waals surface area contributed by atoms with Gasteiger partial charge in [-0.05, 0) is 57.8 Å². The van der Waals surface area contributed by atoms with Crippen LogP contribution in [0.1, 0.15) is 226 Å². The molecule has 1 N–H and O–H groups in total. The summed E-state index contributed by atoms with van der Waals surface area (Å²) in [5.74, 6) is -1.54. The van der Waals surface area contributed by atoms with Crippen molar-refractivity contribution < 1.29 is 38.2 Å². The predicted molar refractivity (Wildman–Crippen MR) is 280 cm³/mol. The van der Waals surface area contributed by atoms with Gasteiger partial charge >= 0.3 is 17.9 Å².